The first kappa shape index (κ1) is 22.0. The Morgan fingerprint density at radius 2 is 1.62 bits per heavy atom. The van der Waals surface area contributed by atoms with Crippen LogP contribution in [0.25, 0.3) is 0 Å². The lowest BCUT2D eigenvalue weighted by atomic mass is 10.1. The second-order valence-electron chi connectivity index (χ2n) is 7.77. The minimum atomic E-state index is -3.90. The van der Waals surface area contributed by atoms with E-state index in [4.69, 9.17) is 0 Å². The van der Waals surface area contributed by atoms with Gasteiger partial charge in [-0.2, -0.15) is 0 Å². The van der Waals surface area contributed by atoms with Gasteiger partial charge in [-0.3, -0.25) is 25.2 Å². The van der Waals surface area contributed by atoms with Crippen molar-refractivity contribution < 1.29 is 18.0 Å². The molecule has 0 unspecified atom stereocenters. The number of benzene rings is 2. The molecular formula is C23H23N3O4S2. The highest BCUT2D eigenvalue weighted by Crippen LogP contribution is 2.30. The van der Waals surface area contributed by atoms with E-state index < -0.39 is 21.8 Å². The Bertz CT molecular complexity index is 1270. The molecule has 3 aromatic rings. The summed E-state index contributed by atoms with van der Waals surface area (Å²) in [7, 11) is -3.90. The third kappa shape index (κ3) is 4.68. The Morgan fingerprint density at radius 1 is 0.906 bits per heavy atom. The zero-order valence-corrected chi connectivity index (χ0v) is 19.3. The van der Waals surface area contributed by atoms with Crippen molar-refractivity contribution in [3.8, 4) is 0 Å². The number of carbonyl (C=O) groups is 2. The molecule has 1 heterocycles. The molecule has 2 aromatic carbocycles. The number of amides is 2. The summed E-state index contributed by atoms with van der Waals surface area (Å²) in [5, 5.41) is 0. The van der Waals surface area contributed by atoms with Crippen molar-refractivity contribution in [2.45, 2.75) is 38.0 Å². The molecule has 4 rings (SSSR count). The van der Waals surface area contributed by atoms with Crippen LogP contribution in [0.4, 0.5) is 5.69 Å². The highest BCUT2D eigenvalue weighted by atomic mass is 32.2. The molecule has 0 saturated heterocycles. The van der Waals surface area contributed by atoms with Gasteiger partial charge in [0, 0.05) is 16.1 Å². The molecule has 1 aliphatic rings. The topological polar surface area (TPSA) is 104 Å². The molecular weight excluding hydrogens is 446 g/mol. The van der Waals surface area contributed by atoms with Crippen LogP contribution in [0.3, 0.4) is 0 Å². The highest BCUT2D eigenvalue weighted by molar-refractivity contribution is 7.92. The Morgan fingerprint density at radius 3 is 2.34 bits per heavy atom. The van der Waals surface area contributed by atoms with Crippen LogP contribution in [0.15, 0.2) is 53.4 Å². The normalized spacial score (nSPS) is 12.8. The molecule has 0 saturated carbocycles. The van der Waals surface area contributed by atoms with E-state index in [0.717, 1.165) is 24.8 Å². The largest absolute Gasteiger partial charge is 0.280 e. The van der Waals surface area contributed by atoms with Gasteiger partial charge in [0.25, 0.3) is 21.8 Å². The number of anilines is 1. The molecule has 0 fully saturated rings. The summed E-state index contributed by atoms with van der Waals surface area (Å²) >= 11 is 1.44. The van der Waals surface area contributed by atoms with Crippen molar-refractivity contribution >= 4 is 38.9 Å². The van der Waals surface area contributed by atoms with E-state index in [0.29, 0.717) is 16.1 Å². The number of fused-ring (bicyclic) bond motifs is 1. The Balaban J connectivity index is 1.46. The lowest BCUT2D eigenvalue weighted by molar-refractivity contribution is 0.0848. The number of hydrogen-bond acceptors (Lipinski definition) is 5. The van der Waals surface area contributed by atoms with Crippen molar-refractivity contribution in [2.75, 3.05) is 4.72 Å². The summed E-state index contributed by atoms with van der Waals surface area (Å²) in [6, 6.07) is 13.2. The maximum absolute atomic E-state index is 12.9. The number of thiophene rings is 1. The third-order valence-electron chi connectivity index (χ3n) is 5.30. The van der Waals surface area contributed by atoms with E-state index >= 15 is 0 Å². The van der Waals surface area contributed by atoms with Gasteiger partial charge in [-0.1, -0.05) is 23.8 Å². The quantitative estimate of drug-likeness (QED) is 0.495. The van der Waals surface area contributed by atoms with Gasteiger partial charge >= 0.3 is 0 Å². The van der Waals surface area contributed by atoms with Crippen LogP contribution < -0.4 is 15.6 Å². The number of nitrogens with one attached hydrogen (secondary N) is 3. The molecule has 0 aliphatic heterocycles. The molecule has 166 valence electrons. The minimum Gasteiger partial charge on any atom is -0.280 e. The van der Waals surface area contributed by atoms with Gasteiger partial charge in [-0.15, -0.1) is 11.3 Å². The molecule has 2 amide bonds. The standard InChI is InChI=1S/C23H23N3O4S2/c1-14-6-10-18(11-7-14)26-32(29,30)21-13-17(9-8-15(21)2)22(27)24-25-23(28)20-12-16-4-3-5-19(16)31-20/h6-13,26H,3-5H2,1-2H3,(H,24,27)(H,25,28). The predicted molar refractivity (Wildman–Crippen MR) is 124 cm³/mol. The predicted octanol–water partition coefficient (Wildman–Crippen LogP) is 3.73. The SMILES string of the molecule is Cc1ccc(NS(=O)(=O)c2cc(C(=O)NNC(=O)c3cc4c(s3)CCC4)ccc2C)cc1. The highest BCUT2D eigenvalue weighted by Gasteiger charge is 2.21. The summed E-state index contributed by atoms with van der Waals surface area (Å²) in [5.41, 5.74) is 8.03. The number of hydrazine groups is 1. The van der Waals surface area contributed by atoms with Gasteiger partial charge in [0.15, 0.2) is 0 Å². The van der Waals surface area contributed by atoms with Gasteiger partial charge in [0.2, 0.25) is 0 Å². The molecule has 0 atom stereocenters. The summed E-state index contributed by atoms with van der Waals surface area (Å²) in [6.07, 6.45) is 3.07. The fraction of sp³-hybridized carbons (Fsp3) is 0.217. The zero-order chi connectivity index (χ0) is 22.9. The van der Waals surface area contributed by atoms with Gasteiger partial charge in [-0.25, -0.2) is 8.42 Å². The lowest BCUT2D eigenvalue weighted by Gasteiger charge is -2.12. The maximum Gasteiger partial charge on any atom is 0.279 e. The summed E-state index contributed by atoms with van der Waals surface area (Å²) in [4.78, 5) is 26.7. The van der Waals surface area contributed by atoms with Crippen LogP contribution in [0, 0.1) is 13.8 Å². The number of rotatable bonds is 5. The maximum atomic E-state index is 12.9. The molecule has 1 aromatic heterocycles. The number of aryl methyl sites for hydroxylation is 4. The van der Waals surface area contributed by atoms with Crippen LogP contribution in [0.5, 0.6) is 0 Å². The fourth-order valence-electron chi connectivity index (χ4n) is 3.55. The smallest absolute Gasteiger partial charge is 0.279 e. The first-order valence-corrected chi connectivity index (χ1v) is 12.5. The Kier molecular flexibility index (Phi) is 6.03. The molecule has 3 N–H and O–H groups in total. The van der Waals surface area contributed by atoms with Crippen LogP contribution in [-0.4, -0.2) is 20.2 Å². The summed E-state index contributed by atoms with van der Waals surface area (Å²) in [6.45, 7) is 3.57. The van der Waals surface area contributed by atoms with Crippen LogP contribution in [0.1, 0.15) is 48.0 Å². The van der Waals surface area contributed by atoms with Crippen molar-refractivity contribution in [3.05, 3.63) is 80.5 Å². The molecule has 7 nitrogen and oxygen atoms in total. The first-order chi connectivity index (χ1) is 15.2. The molecule has 32 heavy (non-hydrogen) atoms. The number of carbonyl (C=O) groups excluding carboxylic acids is 2. The molecule has 0 bridgehead atoms. The van der Waals surface area contributed by atoms with Crippen molar-refractivity contribution in [2.24, 2.45) is 0 Å². The molecule has 9 heteroatoms. The summed E-state index contributed by atoms with van der Waals surface area (Å²) in [5.74, 6) is -0.993. The van der Waals surface area contributed by atoms with E-state index in [-0.39, 0.29) is 10.5 Å². The van der Waals surface area contributed by atoms with E-state index in [1.54, 1.807) is 37.3 Å². The Labute approximate surface area is 190 Å². The van der Waals surface area contributed by atoms with Gasteiger partial charge in [0.05, 0.1) is 9.77 Å². The first-order valence-electron chi connectivity index (χ1n) is 10.2. The third-order valence-corrected chi connectivity index (χ3v) is 8.06. The van der Waals surface area contributed by atoms with Gasteiger partial charge in [-0.05, 0) is 74.6 Å². The van der Waals surface area contributed by atoms with Crippen molar-refractivity contribution in [1.82, 2.24) is 10.9 Å². The number of sulfonamides is 1. The van der Waals surface area contributed by atoms with Crippen LogP contribution in [0.2, 0.25) is 0 Å². The molecule has 0 spiro atoms. The second kappa shape index (κ2) is 8.76. The summed E-state index contributed by atoms with van der Waals surface area (Å²) < 4.78 is 28.3. The lowest BCUT2D eigenvalue weighted by Crippen LogP contribution is -2.41. The van der Waals surface area contributed by atoms with E-state index in [9.17, 15) is 18.0 Å². The zero-order valence-electron chi connectivity index (χ0n) is 17.7. The monoisotopic (exact) mass is 469 g/mol. The average molecular weight is 470 g/mol. The number of hydrogen-bond donors (Lipinski definition) is 3. The van der Waals surface area contributed by atoms with Crippen LogP contribution >= 0.6 is 11.3 Å². The average Bonchev–Trinajstić information content (AvgIpc) is 3.36. The van der Waals surface area contributed by atoms with E-state index in [2.05, 4.69) is 15.6 Å². The van der Waals surface area contributed by atoms with Crippen molar-refractivity contribution in [1.29, 1.82) is 0 Å². The molecule has 0 radical (unpaired) electrons. The molecule has 1 aliphatic carbocycles. The fourth-order valence-corrected chi connectivity index (χ4v) is 6.03. The van der Waals surface area contributed by atoms with E-state index in [1.165, 1.54) is 33.9 Å². The minimum absolute atomic E-state index is 0.00765. The second-order valence-corrected chi connectivity index (χ2v) is 10.6. The van der Waals surface area contributed by atoms with Crippen molar-refractivity contribution in [3.63, 3.8) is 0 Å². The van der Waals surface area contributed by atoms with Gasteiger partial charge < -0.3 is 0 Å². The van der Waals surface area contributed by atoms with E-state index in [1.807, 2.05) is 13.0 Å². The Hall–Kier alpha value is -3.17. The van der Waals surface area contributed by atoms with Crippen LogP contribution in [-0.2, 0) is 22.9 Å². The van der Waals surface area contributed by atoms with Gasteiger partial charge in [0.1, 0.15) is 0 Å².